The fourth-order valence-electron chi connectivity index (χ4n) is 4.06. The van der Waals surface area contributed by atoms with Gasteiger partial charge in [-0.3, -0.25) is 14.5 Å². The molecule has 4 rings (SSSR count). The summed E-state index contributed by atoms with van der Waals surface area (Å²) in [6, 6.07) is 12.4. The van der Waals surface area contributed by atoms with Crippen molar-refractivity contribution in [3.8, 4) is 0 Å². The number of halogens is 7. The summed E-state index contributed by atoms with van der Waals surface area (Å²) in [5.41, 5.74) is -2.47. The van der Waals surface area contributed by atoms with Crippen molar-refractivity contribution in [2.75, 3.05) is 10.2 Å². The van der Waals surface area contributed by atoms with Crippen LogP contribution in [0.25, 0.3) is 0 Å². The number of carbonyl (C=O) groups excluding carboxylic acids is 2. The van der Waals surface area contributed by atoms with Gasteiger partial charge in [-0.05, 0) is 60.9 Å². The third-order valence-electron chi connectivity index (χ3n) is 5.70. The molecule has 1 N–H and O–H groups in total. The minimum Gasteiger partial charge on any atom is -0.324 e. The number of anilines is 2. The van der Waals surface area contributed by atoms with Crippen molar-refractivity contribution in [2.45, 2.75) is 31.2 Å². The van der Waals surface area contributed by atoms with E-state index in [4.69, 9.17) is 11.6 Å². The SMILES string of the molecule is O=C(Nc1cc(C(F)(F)F)cc(C(F)(F)F)c1)C1CCc2ccccc2N1C(=O)c1cccc(Cl)c1. The number of rotatable bonds is 3. The highest BCUT2D eigenvalue weighted by molar-refractivity contribution is 6.31. The largest absolute Gasteiger partial charge is 0.416 e. The minimum absolute atomic E-state index is 0.0263. The summed E-state index contributed by atoms with van der Waals surface area (Å²) in [4.78, 5) is 27.9. The van der Waals surface area contributed by atoms with Crippen LogP contribution in [0.5, 0.6) is 0 Å². The van der Waals surface area contributed by atoms with Crippen molar-refractivity contribution < 1.29 is 35.9 Å². The predicted molar refractivity (Wildman–Crippen MR) is 122 cm³/mol. The first-order chi connectivity index (χ1) is 16.8. The normalized spacial score (nSPS) is 15.9. The van der Waals surface area contributed by atoms with Crippen LogP contribution in [0.15, 0.2) is 66.7 Å². The Morgan fingerprint density at radius 2 is 1.50 bits per heavy atom. The Morgan fingerprint density at radius 3 is 2.11 bits per heavy atom. The van der Waals surface area contributed by atoms with Gasteiger partial charge in [0.2, 0.25) is 5.91 Å². The van der Waals surface area contributed by atoms with Gasteiger partial charge in [0.15, 0.2) is 0 Å². The molecule has 0 aromatic heterocycles. The molecule has 0 fully saturated rings. The molecule has 36 heavy (non-hydrogen) atoms. The van der Waals surface area contributed by atoms with Gasteiger partial charge in [-0.1, -0.05) is 35.9 Å². The summed E-state index contributed by atoms with van der Waals surface area (Å²) in [6.45, 7) is 0. The number of hydrogen-bond donors (Lipinski definition) is 1. The third-order valence-corrected chi connectivity index (χ3v) is 5.93. The second kappa shape index (κ2) is 9.50. The van der Waals surface area contributed by atoms with Crippen LogP contribution < -0.4 is 10.2 Å². The van der Waals surface area contributed by atoms with E-state index in [-0.39, 0.29) is 23.1 Å². The lowest BCUT2D eigenvalue weighted by atomic mass is 9.94. The molecule has 1 heterocycles. The van der Waals surface area contributed by atoms with Gasteiger partial charge in [-0.25, -0.2) is 0 Å². The van der Waals surface area contributed by atoms with Gasteiger partial charge in [0.05, 0.1) is 11.1 Å². The van der Waals surface area contributed by atoms with Gasteiger partial charge in [0.1, 0.15) is 6.04 Å². The Kier molecular flexibility index (Phi) is 6.74. The number of alkyl halides is 6. The van der Waals surface area contributed by atoms with Crippen LogP contribution in [-0.2, 0) is 23.6 Å². The molecule has 1 atom stereocenters. The van der Waals surface area contributed by atoms with Crippen molar-refractivity contribution in [1.82, 2.24) is 0 Å². The van der Waals surface area contributed by atoms with E-state index < -0.39 is 47.0 Å². The molecule has 0 spiro atoms. The number of nitrogens with one attached hydrogen (secondary N) is 1. The number of nitrogens with zero attached hydrogens (tertiary/aromatic N) is 1. The summed E-state index contributed by atoms with van der Waals surface area (Å²) in [7, 11) is 0. The van der Waals surface area contributed by atoms with Crippen molar-refractivity contribution >= 4 is 34.8 Å². The first kappa shape index (κ1) is 25.6. The molecule has 188 valence electrons. The zero-order chi connectivity index (χ0) is 26.3. The Morgan fingerprint density at radius 1 is 0.861 bits per heavy atom. The number of fused-ring (bicyclic) bond motifs is 1. The Bertz CT molecular complexity index is 1290. The van der Waals surface area contributed by atoms with E-state index in [9.17, 15) is 35.9 Å². The first-order valence-electron chi connectivity index (χ1n) is 10.6. The molecule has 0 aliphatic carbocycles. The fourth-order valence-corrected chi connectivity index (χ4v) is 4.25. The highest BCUT2D eigenvalue weighted by Gasteiger charge is 2.39. The van der Waals surface area contributed by atoms with Crippen LogP contribution in [0.3, 0.4) is 0 Å². The highest BCUT2D eigenvalue weighted by Crippen LogP contribution is 2.38. The first-order valence-corrected chi connectivity index (χ1v) is 11.0. The number of benzene rings is 3. The zero-order valence-electron chi connectivity index (χ0n) is 18.3. The van der Waals surface area contributed by atoms with E-state index in [1.807, 2.05) is 0 Å². The molecule has 0 radical (unpaired) electrons. The zero-order valence-corrected chi connectivity index (χ0v) is 19.0. The molecule has 3 aromatic rings. The molecule has 0 saturated heterocycles. The van der Waals surface area contributed by atoms with E-state index in [0.29, 0.717) is 24.2 Å². The average molecular weight is 527 g/mol. The summed E-state index contributed by atoms with van der Waals surface area (Å²) in [5, 5.41) is 2.43. The molecule has 1 aliphatic heterocycles. The second-order valence-electron chi connectivity index (χ2n) is 8.15. The number of para-hydroxylation sites is 1. The quantitative estimate of drug-likeness (QED) is 0.374. The Labute approximate surface area is 206 Å². The smallest absolute Gasteiger partial charge is 0.324 e. The standard InChI is InChI=1S/C25H17ClF6N2O2/c26-18-6-3-5-15(10-18)23(36)34-20-7-2-1-4-14(20)8-9-21(34)22(35)33-19-12-16(24(27,28)29)11-17(13-19)25(30,31)32/h1-7,10-13,21H,8-9H2,(H,33,35). The molecule has 1 unspecified atom stereocenters. The summed E-state index contributed by atoms with van der Waals surface area (Å²) >= 11 is 6.00. The van der Waals surface area contributed by atoms with E-state index in [0.717, 1.165) is 5.56 Å². The second-order valence-corrected chi connectivity index (χ2v) is 8.59. The van der Waals surface area contributed by atoms with E-state index in [1.54, 1.807) is 36.4 Å². The van der Waals surface area contributed by atoms with E-state index in [1.165, 1.54) is 17.0 Å². The van der Waals surface area contributed by atoms with Crippen LogP contribution in [0.4, 0.5) is 37.7 Å². The molecule has 1 aliphatic rings. The molecule has 0 bridgehead atoms. The third kappa shape index (κ3) is 5.33. The Hall–Kier alpha value is -3.53. The maximum atomic E-state index is 13.4. The fraction of sp³-hybridized carbons (Fsp3) is 0.200. The highest BCUT2D eigenvalue weighted by atomic mass is 35.5. The molecular weight excluding hydrogens is 510 g/mol. The van der Waals surface area contributed by atoms with Crippen LogP contribution in [-0.4, -0.2) is 17.9 Å². The van der Waals surface area contributed by atoms with Crippen molar-refractivity contribution in [2.24, 2.45) is 0 Å². The van der Waals surface area contributed by atoms with Gasteiger partial charge < -0.3 is 5.32 Å². The molecule has 0 saturated carbocycles. The van der Waals surface area contributed by atoms with Gasteiger partial charge in [0.25, 0.3) is 5.91 Å². The van der Waals surface area contributed by atoms with E-state index >= 15 is 0 Å². The van der Waals surface area contributed by atoms with E-state index in [2.05, 4.69) is 5.32 Å². The minimum atomic E-state index is -5.07. The topological polar surface area (TPSA) is 49.4 Å². The summed E-state index contributed by atoms with van der Waals surface area (Å²) in [5.74, 6) is -1.52. The van der Waals surface area contributed by atoms with Gasteiger partial charge in [-0.15, -0.1) is 0 Å². The van der Waals surface area contributed by atoms with Crippen LogP contribution in [0.1, 0.15) is 33.5 Å². The molecule has 2 amide bonds. The summed E-state index contributed by atoms with van der Waals surface area (Å²) < 4.78 is 79.4. The Balaban J connectivity index is 1.72. The molecule has 11 heteroatoms. The van der Waals surface area contributed by atoms with Crippen LogP contribution in [0.2, 0.25) is 5.02 Å². The predicted octanol–water partition coefficient (Wildman–Crippen LogP) is 6.98. The molecule has 3 aromatic carbocycles. The lowest BCUT2D eigenvalue weighted by Gasteiger charge is -2.36. The van der Waals surface area contributed by atoms with Crippen LogP contribution in [0, 0.1) is 0 Å². The monoisotopic (exact) mass is 526 g/mol. The van der Waals surface area contributed by atoms with Crippen molar-refractivity contribution in [3.63, 3.8) is 0 Å². The van der Waals surface area contributed by atoms with Gasteiger partial charge >= 0.3 is 12.4 Å². The molecule has 4 nitrogen and oxygen atoms in total. The van der Waals surface area contributed by atoms with Crippen molar-refractivity contribution in [1.29, 1.82) is 0 Å². The maximum absolute atomic E-state index is 13.4. The van der Waals surface area contributed by atoms with Crippen LogP contribution >= 0.6 is 11.6 Å². The lowest BCUT2D eigenvalue weighted by molar-refractivity contribution is -0.143. The average Bonchev–Trinajstić information content (AvgIpc) is 2.81. The summed E-state index contributed by atoms with van der Waals surface area (Å²) in [6.07, 6.45) is -9.68. The lowest BCUT2D eigenvalue weighted by Crippen LogP contribution is -2.50. The van der Waals surface area contributed by atoms with Crippen molar-refractivity contribution in [3.05, 3.63) is 94.0 Å². The number of hydrogen-bond acceptors (Lipinski definition) is 2. The number of amides is 2. The maximum Gasteiger partial charge on any atom is 0.416 e. The number of aryl methyl sites for hydroxylation is 1. The van der Waals surface area contributed by atoms with Gasteiger partial charge in [-0.2, -0.15) is 26.3 Å². The van der Waals surface area contributed by atoms with Gasteiger partial charge in [0, 0.05) is 22.0 Å². The molecular formula is C25H17ClF6N2O2. The number of carbonyl (C=O) groups is 2.